The molecule has 0 heterocycles. The normalized spacial score (nSPS) is 10.9. The summed E-state index contributed by atoms with van der Waals surface area (Å²) in [6.45, 7) is 0.323. The maximum atomic E-state index is 12.8. The first kappa shape index (κ1) is 21.0. The van der Waals surface area contributed by atoms with Crippen molar-refractivity contribution >= 4 is 33.5 Å². The average molecular weight is 463 g/mol. The van der Waals surface area contributed by atoms with Crippen molar-refractivity contribution in [2.24, 2.45) is 0 Å². The molecule has 3 rings (SSSR count). The molecule has 0 aliphatic carbocycles. The standard InChI is InChI=1S/C23H15BrN2O4/c24-20-9-10-22(30-15-16-5-2-1-3-6-16)18(12-20)11-19(14-25)23(27)17-7-4-8-21(13-17)26(28)29/h1-13H,15H2/b19-11+. The fraction of sp³-hybridized carbons (Fsp3) is 0.0435. The number of non-ortho nitro benzene ring substituents is 1. The number of nitro benzene ring substituents is 1. The Kier molecular flexibility index (Phi) is 6.73. The number of carbonyl (C=O) groups is 1. The molecule has 6 nitrogen and oxygen atoms in total. The Balaban J connectivity index is 1.92. The fourth-order valence-corrected chi connectivity index (χ4v) is 3.10. The number of halogens is 1. The molecule has 0 aliphatic heterocycles. The molecular formula is C23H15BrN2O4. The Hall–Kier alpha value is -3.76. The van der Waals surface area contributed by atoms with E-state index >= 15 is 0 Å². The molecule has 148 valence electrons. The Morgan fingerprint density at radius 1 is 1.10 bits per heavy atom. The molecule has 3 aromatic carbocycles. The van der Waals surface area contributed by atoms with Crippen LogP contribution in [0.3, 0.4) is 0 Å². The van der Waals surface area contributed by atoms with Gasteiger partial charge in [-0.25, -0.2) is 0 Å². The number of Topliss-reactive ketones (excluding diaryl/α,β-unsaturated/α-hetero) is 1. The summed E-state index contributed by atoms with van der Waals surface area (Å²) >= 11 is 3.38. The first-order valence-electron chi connectivity index (χ1n) is 8.85. The van der Waals surface area contributed by atoms with Crippen LogP contribution in [0.4, 0.5) is 5.69 Å². The maximum absolute atomic E-state index is 12.8. The molecule has 0 aromatic heterocycles. The number of benzene rings is 3. The van der Waals surface area contributed by atoms with Gasteiger partial charge in [-0.15, -0.1) is 0 Å². The summed E-state index contributed by atoms with van der Waals surface area (Å²) in [6, 6.07) is 22.0. The molecule has 3 aromatic rings. The lowest BCUT2D eigenvalue weighted by Gasteiger charge is -2.10. The quantitative estimate of drug-likeness (QED) is 0.147. The number of nitriles is 1. The van der Waals surface area contributed by atoms with Crippen molar-refractivity contribution in [3.05, 3.63) is 110 Å². The van der Waals surface area contributed by atoms with E-state index in [4.69, 9.17) is 4.74 Å². The molecular weight excluding hydrogens is 448 g/mol. The minimum atomic E-state index is -0.602. The molecule has 0 atom stereocenters. The highest BCUT2D eigenvalue weighted by molar-refractivity contribution is 9.10. The first-order valence-corrected chi connectivity index (χ1v) is 9.64. The van der Waals surface area contributed by atoms with E-state index < -0.39 is 10.7 Å². The summed E-state index contributed by atoms with van der Waals surface area (Å²) in [7, 11) is 0. The van der Waals surface area contributed by atoms with Gasteiger partial charge in [0.2, 0.25) is 5.78 Å². The number of nitro groups is 1. The van der Waals surface area contributed by atoms with E-state index in [0.717, 1.165) is 16.1 Å². The zero-order valence-electron chi connectivity index (χ0n) is 15.6. The number of ketones is 1. The lowest BCUT2D eigenvalue weighted by atomic mass is 10.0. The van der Waals surface area contributed by atoms with E-state index in [0.29, 0.717) is 17.9 Å². The van der Waals surface area contributed by atoms with Crippen molar-refractivity contribution in [2.45, 2.75) is 6.61 Å². The minimum absolute atomic E-state index is 0.0683. The largest absolute Gasteiger partial charge is 0.488 e. The predicted molar refractivity (Wildman–Crippen MR) is 116 cm³/mol. The van der Waals surface area contributed by atoms with Gasteiger partial charge in [0.1, 0.15) is 24.0 Å². The molecule has 0 unspecified atom stereocenters. The average Bonchev–Trinajstić information content (AvgIpc) is 2.77. The van der Waals surface area contributed by atoms with Gasteiger partial charge in [-0.1, -0.05) is 58.4 Å². The van der Waals surface area contributed by atoms with Gasteiger partial charge in [-0.2, -0.15) is 5.26 Å². The first-order chi connectivity index (χ1) is 14.5. The second kappa shape index (κ2) is 9.63. The number of rotatable bonds is 7. The fourth-order valence-electron chi connectivity index (χ4n) is 2.72. The molecule has 0 bridgehead atoms. The zero-order valence-corrected chi connectivity index (χ0v) is 17.2. The lowest BCUT2D eigenvalue weighted by Crippen LogP contribution is -2.03. The van der Waals surface area contributed by atoms with Crippen LogP contribution in [0.1, 0.15) is 21.5 Å². The van der Waals surface area contributed by atoms with Crippen molar-refractivity contribution in [2.75, 3.05) is 0 Å². The Bertz CT molecular complexity index is 1170. The Morgan fingerprint density at radius 2 is 1.87 bits per heavy atom. The summed E-state index contributed by atoms with van der Waals surface area (Å²) < 4.78 is 6.64. The third-order valence-electron chi connectivity index (χ3n) is 4.19. The summed E-state index contributed by atoms with van der Waals surface area (Å²) in [4.78, 5) is 23.1. The van der Waals surface area contributed by atoms with E-state index in [2.05, 4.69) is 15.9 Å². The van der Waals surface area contributed by atoms with Gasteiger partial charge < -0.3 is 4.74 Å². The Labute approximate surface area is 181 Å². The number of allylic oxidation sites excluding steroid dienone is 1. The molecule has 0 N–H and O–H groups in total. The van der Waals surface area contributed by atoms with Crippen LogP contribution in [-0.2, 0) is 6.61 Å². The van der Waals surface area contributed by atoms with Gasteiger partial charge in [0, 0.05) is 27.7 Å². The van der Waals surface area contributed by atoms with E-state index in [1.807, 2.05) is 36.4 Å². The number of carbonyl (C=O) groups excluding carboxylic acids is 1. The molecule has 0 aliphatic rings. The number of ether oxygens (including phenoxy) is 1. The third kappa shape index (κ3) is 5.19. The van der Waals surface area contributed by atoms with Crippen molar-refractivity contribution < 1.29 is 14.5 Å². The summed E-state index contributed by atoms with van der Waals surface area (Å²) in [5.74, 6) is -0.100. The molecule has 0 saturated heterocycles. The van der Waals surface area contributed by atoms with Gasteiger partial charge in [0.15, 0.2) is 0 Å². The monoisotopic (exact) mass is 462 g/mol. The second-order valence-electron chi connectivity index (χ2n) is 6.26. The maximum Gasteiger partial charge on any atom is 0.270 e. The van der Waals surface area contributed by atoms with E-state index in [-0.39, 0.29) is 16.8 Å². The summed E-state index contributed by atoms with van der Waals surface area (Å²) in [6.07, 6.45) is 1.42. The second-order valence-corrected chi connectivity index (χ2v) is 7.18. The molecule has 30 heavy (non-hydrogen) atoms. The molecule has 0 saturated carbocycles. The van der Waals surface area contributed by atoms with Gasteiger partial charge in [-0.05, 0) is 29.8 Å². The van der Waals surface area contributed by atoms with E-state index in [9.17, 15) is 20.2 Å². The summed E-state index contributed by atoms with van der Waals surface area (Å²) in [5, 5.41) is 20.5. The van der Waals surface area contributed by atoms with E-state index in [1.165, 1.54) is 24.3 Å². The van der Waals surface area contributed by atoms with Gasteiger partial charge >= 0.3 is 0 Å². The molecule has 0 fully saturated rings. The van der Waals surface area contributed by atoms with Crippen LogP contribution in [0.5, 0.6) is 5.75 Å². The number of hydrogen-bond donors (Lipinski definition) is 0. The van der Waals surface area contributed by atoms with Crippen molar-refractivity contribution in [3.63, 3.8) is 0 Å². The van der Waals surface area contributed by atoms with Crippen LogP contribution in [0, 0.1) is 21.4 Å². The van der Waals surface area contributed by atoms with Crippen LogP contribution in [0.2, 0.25) is 0 Å². The van der Waals surface area contributed by atoms with Gasteiger partial charge in [0.05, 0.1) is 4.92 Å². The molecule has 0 radical (unpaired) electrons. The van der Waals surface area contributed by atoms with Crippen molar-refractivity contribution in [3.8, 4) is 11.8 Å². The lowest BCUT2D eigenvalue weighted by molar-refractivity contribution is -0.384. The van der Waals surface area contributed by atoms with Gasteiger partial charge in [-0.3, -0.25) is 14.9 Å². The SMILES string of the molecule is N#C/C(=C\c1cc(Br)ccc1OCc1ccccc1)C(=O)c1cccc([N+](=O)[O-])c1. The van der Waals surface area contributed by atoms with Crippen LogP contribution < -0.4 is 4.74 Å². The van der Waals surface area contributed by atoms with E-state index in [1.54, 1.807) is 18.2 Å². The topological polar surface area (TPSA) is 93.2 Å². The summed E-state index contributed by atoms with van der Waals surface area (Å²) in [5.41, 5.74) is 1.21. The zero-order chi connectivity index (χ0) is 21.5. The number of nitrogens with zero attached hydrogens (tertiary/aromatic N) is 2. The smallest absolute Gasteiger partial charge is 0.270 e. The van der Waals surface area contributed by atoms with Crippen molar-refractivity contribution in [1.82, 2.24) is 0 Å². The van der Waals surface area contributed by atoms with Crippen LogP contribution >= 0.6 is 15.9 Å². The van der Waals surface area contributed by atoms with Crippen LogP contribution in [0.25, 0.3) is 6.08 Å². The van der Waals surface area contributed by atoms with Crippen LogP contribution in [-0.4, -0.2) is 10.7 Å². The predicted octanol–water partition coefficient (Wildman–Crippen LogP) is 5.73. The Morgan fingerprint density at radius 3 is 2.57 bits per heavy atom. The number of hydrogen-bond acceptors (Lipinski definition) is 5. The molecule has 0 amide bonds. The van der Waals surface area contributed by atoms with Crippen molar-refractivity contribution in [1.29, 1.82) is 5.26 Å². The van der Waals surface area contributed by atoms with Gasteiger partial charge in [0.25, 0.3) is 5.69 Å². The third-order valence-corrected chi connectivity index (χ3v) is 4.69. The van der Waals surface area contributed by atoms with Crippen LogP contribution in [0.15, 0.2) is 82.8 Å². The highest BCUT2D eigenvalue weighted by atomic mass is 79.9. The molecule has 7 heteroatoms. The minimum Gasteiger partial charge on any atom is -0.488 e. The molecule has 0 spiro atoms. The highest BCUT2D eigenvalue weighted by Gasteiger charge is 2.16. The highest BCUT2D eigenvalue weighted by Crippen LogP contribution is 2.27.